The van der Waals surface area contributed by atoms with Crippen molar-refractivity contribution in [1.29, 1.82) is 0 Å². The number of unbranched alkanes of at least 4 members (excludes halogenated alkanes) is 1. The highest BCUT2D eigenvalue weighted by molar-refractivity contribution is 5.87. The molecule has 0 amide bonds. The summed E-state index contributed by atoms with van der Waals surface area (Å²) in [7, 11) is 2.19. The fraction of sp³-hybridized carbons (Fsp3) is 0.500. The number of nitrogens with zero attached hydrogens (tertiary/aromatic N) is 7. The highest BCUT2D eigenvalue weighted by atomic mass is 16.3. The zero-order valence-corrected chi connectivity index (χ0v) is 22.7. The lowest BCUT2D eigenvalue weighted by Gasteiger charge is -2.22. The molecule has 0 saturated carbocycles. The monoisotopic (exact) mass is 519 g/mol. The molecule has 0 unspecified atom stereocenters. The van der Waals surface area contributed by atoms with Crippen LogP contribution in [-0.2, 0) is 13.1 Å². The van der Waals surface area contributed by atoms with Crippen molar-refractivity contribution in [2.75, 3.05) is 50.5 Å². The fourth-order valence-electron chi connectivity index (χ4n) is 4.88. The number of nitrogens with two attached hydrogens (primary N) is 2. The molecule has 4 heterocycles. The molecular formula is C28H41N9O. The first kappa shape index (κ1) is 27.7. The molecule has 1 fully saturated rings. The summed E-state index contributed by atoms with van der Waals surface area (Å²) in [4.78, 5) is 17.8. The van der Waals surface area contributed by atoms with Crippen LogP contribution in [0.15, 0.2) is 36.7 Å². The Hall–Kier alpha value is -3.34. The zero-order valence-electron chi connectivity index (χ0n) is 22.7. The van der Waals surface area contributed by atoms with Gasteiger partial charge >= 0.3 is 0 Å². The molecule has 0 aliphatic carbocycles. The number of fused-ring (bicyclic) bond motifs is 2. The summed E-state index contributed by atoms with van der Waals surface area (Å²) in [5, 5.41) is 15.3. The number of pyridine rings is 1. The molecule has 5 N–H and O–H groups in total. The van der Waals surface area contributed by atoms with E-state index in [0.717, 1.165) is 41.4 Å². The molecule has 4 aromatic rings. The molecule has 204 valence electrons. The molecule has 3 aromatic heterocycles. The molecule has 0 spiro atoms. The van der Waals surface area contributed by atoms with Crippen LogP contribution in [0.1, 0.15) is 50.2 Å². The first-order chi connectivity index (χ1) is 18.5. The minimum absolute atomic E-state index is 0.0287. The van der Waals surface area contributed by atoms with Crippen LogP contribution in [0.3, 0.4) is 0 Å². The normalized spacial score (nSPS) is 14.0. The van der Waals surface area contributed by atoms with Gasteiger partial charge < -0.3 is 26.4 Å². The van der Waals surface area contributed by atoms with Crippen molar-refractivity contribution in [3.63, 3.8) is 0 Å². The van der Waals surface area contributed by atoms with Gasteiger partial charge in [-0.1, -0.05) is 38.0 Å². The Labute approximate surface area is 224 Å². The number of likely N-dealkylation sites (tertiary alicyclic amines) is 1. The largest absolute Gasteiger partial charge is 0.395 e. The summed E-state index contributed by atoms with van der Waals surface area (Å²) in [5.41, 5.74) is 16.3. The fourth-order valence-corrected chi connectivity index (χ4v) is 4.88. The van der Waals surface area contributed by atoms with Crippen LogP contribution in [-0.4, -0.2) is 74.6 Å². The average molecular weight is 520 g/mol. The van der Waals surface area contributed by atoms with E-state index >= 15 is 0 Å². The molecule has 1 aliphatic heterocycles. The van der Waals surface area contributed by atoms with Crippen LogP contribution in [0.2, 0.25) is 0 Å². The minimum Gasteiger partial charge on any atom is -0.395 e. The molecule has 10 heteroatoms. The number of hydrogen-bond acceptors (Lipinski definition) is 9. The van der Waals surface area contributed by atoms with Gasteiger partial charge in [-0.25, -0.2) is 4.98 Å². The maximum absolute atomic E-state index is 9.52. The van der Waals surface area contributed by atoms with Gasteiger partial charge in [0.25, 0.3) is 0 Å². The Morgan fingerprint density at radius 3 is 2.50 bits per heavy atom. The molecular weight excluding hydrogens is 478 g/mol. The zero-order chi connectivity index (χ0) is 26.9. The molecule has 1 aliphatic rings. The van der Waals surface area contributed by atoms with Gasteiger partial charge in [0.15, 0.2) is 11.3 Å². The molecule has 0 bridgehead atoms. The van der Waals surface area contributed by atoms with Gasteiger partial charge in [-0.2, -0.15) is 10.1 Å². The summed E-state index contributed by atoms with van der Waals surface area (Å²) < 4.78 is 1.84. The first-order valence-corrected chi connectivity index (χ1v) is 13.6. The van der Waals surface area contributed by atoms with Gasteiger partial charge in [0.1, 0.15) is 5.52 Å². The predicted octanol–water partition coefficient (Wildman–Crippen LogP) is 3.16. The number of aliphatic hydroxyl groups excluding tert-OH is 1. The Bertz CT molecular complexity index is 1320. The third-order valence-electron chi connectivity index (χ3n) is 6.94. The lowest BCUT2D eigenvalue weighted by Crippen LogP contribution is -2.29. The Morgan fingerprint density at radius 2 is 1.82 bits per heavy atom. The van der Waals surface area contributed by atoms with E-state index in [1.54, 1.807) is 6.20 Å². The van der Waals surface area contributed by atoms with Crippen molar-refractivity contribution in [2.45, 2.75) is 52.1 Å². The second-order valence-electron chi connectivity index (χ2n) is 9.88. The van der Waals surface area contributed by atoms with Gasteiger partial charge in [0, 0.05) is 31.2 Å². The molecule has 10 nitrogen and oxygen atoms in total. The highest BCUT2D eigenvalue weighted by Crippen LogP contribution is 2.26. The number of piperidine rings is 1. The summed E-state index contributed by atoms with van der Waals surface area (Å²) in [6.45, 7) is 7.02. The number of nitrogen functional groups attached to an aromatic ring is 1. The van der Waals surface area contributed by atoms with E-state index in [2.05, 4.69) is 33.8 Å². The quantitative estimate of drug-likeness (QED) is 0.305. The number of anilines is 2. The van der Waals surface area contributed by atoms with Gasteiger partial charge in [0.05, 0.1) is 24.9 Å². The topological polar surface area (TPSA) is 135 Å². The summed E-state index contributed by atoms with van der Waals surface area (Å²) in [6, 6.07) is 8.05. The van der Waals surface area contributed by atoms with E-state index in [9.17, 15) is 5.11 Å². The summed E-state index contributed by atoms with van der Waals surface area (Å²) >= 11 is 0. The van der Waals surface area contributed by atoms with Crippen molar-refractivity contribution in [1.82, 2.24) is 29.6 Å². The van der Waals surface area contributed by atoms with Crippen molar-refractivity contribution in [3.8, 4) is 0 Å². The average Bonchev–Trinajstić information content (AvgIpc) is 3.34. The third kappa shape index (κ3) is 6.75. The maximum Gasteiger partial charge on any atom is 0.222 e. The minimum atomic E-state index is 0.0287. The lowest BCUT2D eigenvalue weighted by molar-refractivity contribution is 0.277. The standard InChI is InChI=1S/C22H28N8O.C6H13N/c1-2-3-9-29(10-11-31)21-20-18(26-22(24)27-21)14-30(28-20)13-16-7-6-15(12-23)17-5-4-8-25-19(16)17;1-7-5-3-2-4-6-7/h4-8,14,31H,2-3,9-13,23H2,1H3,(H2,24,26);2-6H2,1H3. The van der Waals surface area contributed by atoms with Crippen LogP contribution in [0.5, 0.6) is 0 Å². The second-order valence-corrected chi connectivity index (χ2v) is 9.88. The van der Waals surface area contributed by atoms with Gasteiger partial charge in [-0.3, -0.25) is 9.67 Å². The van der Waals surface area contributed by atoms with Gasteiger partial charge in [-0.05, 0) is 56.6 Å². The van der Waals surface area contributed by atoms with E-state index in [-0.39, 0.29) is 12.6 Å². The van der Waals surface area contributed by atoms with Gasteiger partial charge in [0.2, 0.25) is 5.95 Å². The molecule has 0 atom stereocenters. The Kier molecular flexibility index (Phi) is 9.80. The number of rotatable bonds is 9. The Morgan fingerprint density at radius 1 is 1.03 bits per heavy atom. The Balaban J connectivity index is 0.000000417. The third-order valence-corrected chi connectivity index (χ3v) is 6.94. The summed E-state index contributed by atoms with van der Waals surface area (Å²) in [6.07, 6.45) is 9.96. The SMILES string of the molecule is CCCCN(CCO)c1nc(N)nc2cn(Cc3ccc(CN)c4cccnc34)nc12.CN1CCCCC1. The van der Waals surface area contributed by atoms with E-state index in [0.29, 0.717) is 36.5 Å². The highest BCUT2D eigenvalue weighted by Gasteiger charge is 2.17. The van der Waals surface area contributed by atoms with Crippen LogP contribution >= 0.6 is 0 Å². The first-order valence-electron chi connectivity index (χ1n) is 13.6. The van der Waals surface area contributed by atoms with E-state index in [4.69, 9.17) is 16.6 Å². The molecule has 0 radical (unpaired) electrons. The van der Waals surface area contributed by atoms with Crippen molar-refractivity contribution >= 4 is 33.7 Å². The number of hydrogen-bond donors (Lipinski definition) is 3. The smallest absolute Gasteiger partial charge is 0.222 e. The van der Waals surface area contributed by atoms with Crippen molar-refractivity contribution in [2.24, 2.45) is 5.73 Å². The maximum atomic E-state index is 9.52. The van der Waals surface area contributed by atoms with Crippen molar-refractivity contribution < 1.29 is 5.11 Å². The van der Waals surface area contributed by atoms with E-state index < -0.39 is 0 Å². The van der Waals surface area contributed by atoms with Crippen LogP contribution < -0.4 is 16.4 Å². The summed E-state index contributed by atoms with van der Waals surface area (Å²) in [5.74, 6) is 0.853. The number of aromatic nitrogens is 5. The van der Waals surface area contributed by atoms with Crippen LogP contribution in [0.25, 0.3) is 21.9 Å². The van der Waals surface area contributed by atoms with E-state index in [1.165, 1.54) is 32.4 Å². The number of aliphatic hydroxyl groups is 1. The van der Waals surface area contributed by atoms with Crippen molar-refractivity contribution in [3.05, 3.63) is 47.8 Å². The molecule has 1 saturated heterocycles. The molecule has 1 aromatic carbocycles. The molecule has 38 heavy (non-hydrogen) atoms. The van der Waals surface area contributed by atoms with E-state index in [1.807, 2.05) is 40.0 Å². The van der Waals surface area contributed by atoms with Crippen LogP contribution in [0.4, 0.5) is 11.8 Å². The number of benzene rings is 1. The predicted molar refractivity (Wildman–Crippen MR) is 154 cm³/mol. The second kappa shape index (κ2) is 13.5. The molecule has 5 rings (SSSR count). The van der Waals surface area contributed by atoms with Gasteiger partial charge in [-0.15, -0.1) is 0 Å². The lowest BCUT2D eigenvalue weighted by atomic mass is 10.0. The van der Waals surface area contributed by atoms with Crippen LogP contribution in [0, 0.1) is 0 Å².